The minimum Gasteiger partial charge on any atom is -0.303 e. The zero-order valence-electron chi connectivity index (χ0n) is 9.73. The van der Waals surface area contributed by atoms with E-state index in [2.05, 4.69) is 22.4 Å². The molecule has 0 saturated carbocycles. The van der Waals surface area contributed by atoms with Crippen LogP contribution in [-0.4, -0.2) is 10.7 Å². The van der Waals surface area contributed by atoms with Gasteiger partial charge in [-0.3, -0.25) is 0 Å². The molecule has 1 atom stereocenters. The second-order valence-electron chi connectivity index (χ2n) is 4.18. The maximum atomic E-state index is 6.09. The molecule has 2 heterocycles. The number of nitrogens with zero attached hydrogens (tertiary/aromatic N) is 1. The van der Waals surface area contributed by atoms with Crippen molar-refractivity contribution in [2.24, 2.45) is 0 Å². The number of rotatable bonds is 3. The SMILES string of the molecule is Clc1ccc2c(c1)C(NCc1nccs1)CCS2. The van der Waals surface area contributed by atoms with E-state index in [1.54, 1.807) is 11.3 Å². The molecule has 0 spiro atoms. The predicted octanol–water partition coefficient (Wildman–Crippen LogP) is 4.12. The van der Waals surface area contributed by atoms with Crippen molar-refractivity contribution < 1.29 is 0 Å². The molecule has 0 bridgehead atoms. The van der Waals surface area contributed by atoms with Crippen LogP contribution < -0.4 is 5.32 Å². The minimum atomic E-state index is 0.392. The molecular formula is C13H13ClN2S2. The quantitative estimate of drug-likeness (QED) is 0.922. The van der Waals surface area contributed by atoms with Crippen molar-refractivity contribution in [3.63, 3.8) is 0 Å². The Morgan fingerprint density at radius 1 is 1.44 bits per heavy atom. The van der Waals surface area contributed by atoms with Gasteiger partial charge in [0, 0.05) is 34.1 Å². The molecule has 1 aromatic carbocycles. The van der Waals surface area contributed by atoms with Gasteiger partial charge in [0.1, 0.15) is 5.01 Å². The fourth-order valence-corrected chi connectivity index (χ4v) is 3.98. The van der Waals surface area contributed by atoms with E-state index in [9.17, 15) is 0 Å². The summed E-state index contributed by atoms with van der Waals surface area (Å²) in [7, 11) is 0. The van der Waals surface area contributed by atoms with Crippen molar-refractivity contribution in [2.45, 2.75) is 23.9 Å². The van der Waals surface area contributed by atoms with Crippen molar-refractivity contribution >= 4 is 34.7 Å². The van der Waals surface area contributed by atoms with Gasteiger partial charge in [-0.05, 0) is 35.9 Å². The molecule has 1 aliphatic heterocycles. The van der Waals surface area contributed by atoms with Gasteiger partial charge >= 0.3 is 0 Å². The normalized spacial score (nSPS) is 18.6. The molecule has 94 valence electrons. The first-order valence-corrected chi connectivity index (χ1v) is 8.11. The van der Waals surface area contributed by atoms with Gasteiger partial charge < -0.3 is 5.32 Å². The number of halogens is 1. The average molecular weight is 297 g/mol. The van der Waals surface area contributed by atoms with E-state index in [1.165, 1.54) is 10.5 Å². The van der Waals surface area contributed by atoms with Gasteiger partial charge in [0.25, 0.3) is 0 Å². The molecule has 18 heavy (non-hydrogen) atoms. The second-order valence-corrected chi connectivity index (χ2v) is 6.73. The first-order valence-electron chi connectivity index (χ1n) is 5.87. The number of hydrogen-bond donors (Lipinski definition) is 1. The van der Waals surface area contributed by atoms with Crippen molar-refractivity contribution in [3.8, 4) is 0 Å². The number of thiazole rings is 1. The Bertz CT molecular complexity index is 528. The molecule has 0 amide bonds. The highest BCUT2D eigenvalue weighted by atomic mass is 35.5. The van der Waals surface area contributed by atoms with Gasteiger partial charge in [0.15, 0.2) is 0 Å². The highest BCUT2D eigenvalue weighted by molar-refractivity contribution is 7.99. The zero-order chi connectivity index (χ0) is 12.4. The molecule has 1 unspecified atom stereocenters. The molecule has 1 aliphatic rings. The lowest BCUT2D eigenvalue weighted by molar-refractivity contribution is 0.509. The van der Waals surface area contributed by atoms with Gasteiger partial charge in [-0.1, -0.05) is 11.6 Å². The number of nitrogens with one attached hydrogen (secondary N) is 1. The smallest absolute Gasteiger partial charge is 0.106 e. The van der Waals surface area contributed by atoms with Crippen LogP contribution in [0.1, 0.15) is 23.0 Å². The summed E-state index contributed by atoms with van der Waals surface area (Å²) >= 11 is 9.70. The van der Waals surface area contributed by atoms with Crippen LogP contribution in [0, 0.1) is 0 Å². The summed E-state index contributed by atoms with van der Waals surface area (Å²) in [6.07, 6.45) is 2.99. The Labute approximate surface area is 120 Å². The maximum Gasteiger partial charge on any atom is 0.106 e. The molecule has 2 aromatic rings. The van der Waals surface area contributed by atoms with Gasteiger partial charge in [0.05, 0.1) is 0 Å². The lowest BCUT2D eigenvalue weighted by atomic mass is 10.0. The molecule has 1 aromatic heterocycles. The van der Waals surface area contributed by atoms with Gasteiger partial charge in [0.2, 0.25) is 0 Å². The minimum absolute atomic E-state index is 0.392. The van der Waals surface area contributed by atoms with E-state index in [0.29, 0.717) is 6.04 Å². The Morgan fingerprint density at radius 3 is 3.22 bits per heavy atom. The molecule has 0 radical (unpaired) electrons. The molecule has 0 fully saturated rings. The van der Waals surface area contributed by atoms with Crippen molar-refractivity contribution in [1.82, 2.24) is 10.3 Å². The summed E-state index contributed by atoms with van der Waals surface area (Å²) in [5.41, 5.74) is 1.33. The first-order chi connectivity index (χ1) is 8.83. The zero-order valence-corrected chi connectivity index (χ0v) is 12.1. The van der Waals surface area contributed by atoms with Crippen LogP contribution in [0.2, 0.25) is 5.02 Å². The summed E-state index contributed by atoms with van der Waals surface area (Å²) < 4.78 is 0. The number of hydrogen-bond acceptors (Lipinski definition) is 4. The van der Waals surface area contributed by atoms with Crippen molar-refractivity contribution in [2.75, 3.05) is 5.75 Å². The Hall–Kier alpha value is -0.550. The van der Waals surface area contributed by atoms with Gasteiger partial charge in [-0.15, -0.1) is 23.1 Å². The first kappa shape index (κ1) is 12.5. The molecule has 3 rings (SSSR count). The lowest BCUT2D eigenvalue weighted by Crippen LogP contribution is -2.24. The molecule has 1 N–H and O–H groups in total. The van der Waals surface area contributed by atoms with Gasteiger partial charge in [-0.2, -0.15) is 0 Å². The third-order valence-corrected chi connectivity index (χ3v) is 5.13. The largest absolute Gasteiger partial charge is 0.303 e. The van der Waals surface area contributed by atoms with Gasteiger partial charge in [-0.25, -0.2) is 4.98 Å². The predicted molar refractivity (Wildman–Crippen MR) is 78.5 cm³/mol. The van der Waals surface area contributed by atoms with Crippen LogP contribution in [-0.2, 0) is 6.54 Å². The highest BCUT2D eigenvalue weighted by Crippen LogP contribution is 2.37. The summed E-state index contributed by atoms with van der Waals surface area (Å²) in [6, 6.07) is 6.57. The van der Waals surface area contributed by atoms with E-state index >= 15 is 0 Å². The topological polar surface area (TPSA) is 24.9 Å². The van der Waals surface area contributed by atoms with Crippen molar-refractivity contribution in [3.05, 3.63) is 45.4 Å². The van der Waals surface area contributed by atoms with Crippen LogP contribution in [0.3, 0.4) is 0 Å². The summed E-state index contributed by atoms with van der Waals surface area (Å²) in [6.45, 7) is 0.832. The fourth-order valence-electron chi connectivity index (χ4n) is 2.13. The standard InChI is InChI=1S/C13H13ClN2S2/c14-9-1-2-12-10(7-9)11(3-5-17-12)16-8-13-15-4-6-18-13/h1-2,4,6-7,11,16H,3,5,8H2. The Kier molecular flexibility index (Phi) is 3.89. The summed E-state index contributed by atoms with van der Waals surface area (Å²) in [5.74, 6) is 1.16. The summed E-state index contributed by atoms with van der Waals surface area (Å²) in [4.78, 5) is 5.65. The third kappa shape index (κ3) is 2.72. The third-order valence-electron chi connectivity index (χ3n) is 2.99. The highest BCUT2D eigenvalue weighted by Gasteiger charge is 2.20. The Balaban J connectivity index is 1.76. The van der Waals surface area contributed by atoms with E-state index in [4.69, 9.17) is 11.6 Å². The number of thioether (sulfide) groups is 1. The van der Waals surface area contributed by atoms with Crippen LogP contribution in [0.5, 0.6) is 0 Å². The van der Waals surface area contributed by atoms with Crippen molar-refractivity contribution in [1.29, 1.82) is 0 Å². The van der Waals surface area contributed by atoms with E-state index in [-0.39, 0.29) is 0 Å². The maximum absolute atomic E-state index is 6.09. The molecule has 0 aliphatic carbocycles. The monoisotopic (exact) mass is 296 g/mol. The molecule has 0 saturated heterocycles. The van der Waals surface area contributed by atoms with E-state index < -0.39 is 0 Å². The van der Waals surface area contributed by atoms with E-state index in [0.717, 1.165) is 28.7 Å². The second kappa shape index (κ2) is 5.61. The van der Waals surface area contributed by atoms with Crippen LogP contribution in [0.15, 0.2) is 34.7 Å². The van der Waals surface area contributed by atoms with E-state index in [1.807, 2.05) is 29.4 Å². The van der Waals surface area contributed by atoms with Crippen LogP contribution in [0.4, 0.5) is 0 Å². The Morgan fingerprint density at radius 2 is 2.39 bits per heavy atom. The number of benzene rings is 1. The number of fused-ring (bicyclic) bond motifs is 1. The molecule has 5 heteroatoms. The van der Waals surface area contributed by atoms with Crippen LogP contribution in [0.25, 0.3) is 0 Å². The number of aromatic nitrogens is 1. The summed E-state index contributed by atoms with van der Waals surface area (Å²) in [5, 5.41) is 7.55. The lowest BCUT2D eigenvalue weighted by Gasteiger charge is -2.26. The average Bonchev–Trinajstić information content (AvgIpc) is 2.89. The molecule has 2 nitrogen and oxygen atoms in total. The molecular weight excluding hydrogens is 284 g/mol. The van der Waals surface area contributed by atoms with Crippen LogP contribution >= 0.6 is 34.7 Å². The fraction of sp³-hybridized carbons (Fsp3) is 0.308.